The van der Waals surface area contributed by atoms with Gasteiger partial charge < -0.3 is 14.0 Å². The van der Waals surface area contributed by atoms with E-state index in [-0.39, 0.29) is 6.10 Å². The molecule has 0 spiro atoms. The molecule has 1 saturated heterocycles. The van der Waals surface area contributed by atoms with Crippen LogP contribution in [0.1, 0.15) is 49.4 Å². The van der Waals surface area contributed by atoms with Crippen LogP contribution in [0.5, 0.6) is 5.88 Å². The lowest BCUT2D eigenvalue weighted by Gasteiger charge is -2.37. The molecule has 0 saturated carbocycles. The number of pyridine rings is 1. The van der Waals surface area contributed by atoms with Crippen molar-refractivity contribution in [2.75, 3.05) is 13.2 Å². The van der Waals surface area contributed by atoms with Crippen LogP contribution in [0.4, 0.5) is 0 Å². The summed E-state index contributed by atoms with van der Waals surface area (Å²) in [5, 5.41) is 6.48. The van der Waals surface area contributed by atoms with Crippen molar-refractivity contribution >= 4 is 21.9 Å². The first kappa shape index (κ1) is 29.2. The lowest BCUT2D eigenvalue weighted by molar-refractivity contribution is 0.0244. The molecule has 0 atom stereocenters. The summed E-state index contributed by atoms with van der Waals surface area (Å²) in [7, 11) is 0. The van der Waals surface area contributed by atoms with E-state index >= 15 is 0 Å². The standard InChI is InChI=1S/C40H37N5O2/c1-28(2)44-27-42-34-26-29(18-19-35(34)44)38-37-36(20-23-41-39(37)47-33-21-24-46-25-22-33)45(43-38)40(30-12-6-3-7-13-30,31-14-8-4-9-15-31)32-16-10-5-11-17-32/h3-20,23,26-28,33H,21-22,24-25H2,1-2H3. The monoisotopic (exact) mass is 619 g/mol. The number of ether oxygens (including phenoxy) is 2. The summed E-state index contributed by atoms with van der Waals surface area (Å²) in [5.41, 5.74) is 7.22. The summed E-state index contributed by atoms with van der Waals surface area (Å²) < 4.78 is 16.8. The van der Waals surface area contributed by atoms with Gasteiger partial charge >= 0.3 is 0 Å². The number of imidazole rings is 1. The van der Waals surface area contributed by atoms with E-state index in [0.29, 0.717) is 25.1 Å². The van der Waals surface area contributed by atoms with Crippen LogP contribution in [-0.4, -0.2) is 43.6 Å². The zero-order valence-electron chi connectivity index (χ0n) is 26.7. The Morgan fingerprint density at radius 1 is 0.745 bits per heavy atom. The third-order valence-corrected chi connectivity index (χ3v) is 9.30. The zero-order valence-corrected chi connectivity index (χ0v) is 26.7. The zero-order chi connectivity index (χ0) is 31.8. The highest BCUT2D eigenvalue weighted by Gasteiger charge is 2.41. The first-order valence-corrected chi connectivity index (χ1v) is 16.4. The number of nitrogens with zero attached hydrogens (tertiary/aromatic N) is 5. The van der Waals surface area contributed by atoms with Crippen LogP contribution in [0.2, 0.25) is 0 Å². The van der Waals surface area contributed by atoms with Crippen LogP contribution >= 0.6 is 0 Å². The molecule has 0 amide bonds. The second-order valence-corrected chi connectivity index (χ2v) is 12.5. The van der Waals surface area contributed by atoms with Gasteiger partial charge in [0, 0.05) is 30.6 Å². The van der Waals surface area contributed by atoms with E-state index in [9.17, 15) is 0 Å². The van der Waals surface area contributed by atoms with Gasteiger partial charge in [0.05, 0.1) is 41.5 Å². The Morgan fingerprint density at radius 3 is 1.96 bits per heavy atom. The van der Waals surface area contributed by atoms with Crippen molar-refractivity contribution in [3.63, 3.8) is 0 Å². The molecule has 0 aliphatic carbocycles. The van der Waals surface area contributed by atoms with Crippen molar-refractivity contribution in [1.29, 1.82) is 0 Å². The summed E-state index contributed by atoms with van der Waals surface area (Å²) in [5.74, 6) is 0.589. The fourth-order valence-electron chi connectivity index (χ4n) is 7.03. The van der Waals surface area contributed by atoms with Crippen LogP contribution in [0.15, 0.2) is 128 Å². The third kappa shape index (κ3) is 4.98. The van der Waals surface area contributed by atoms with Gasteiger partial charge in [0.1, 0.15) is 17.3 Å². The maximum Gasteiger partial charge on any atom is 0.225 e. The van der Waals surface area contributed by atoms with Gasteiger partial charge in [-0.15, -0.1) is 0 Å². The molecule has 8 rings (SSSR count). The maximum absolute atomic E-state index is 6.73. The Morgan fingerprint density at radius 2 is 1.36 bits per heavy atom. The normalized spacial score (nSPS) is 14.3. The molecule has 0 bridgehead atoms. The minimum absolute atomic E-state index is 0.0180. The maximum atomic E-state index is 6.73. The second-order valence-electron chi connectivity index (χ2n) is 12.5. The Labute approximate surface area is 274 Å². The molecule has 1 aliphatic rings. The number of rotatable bonds is 8. The molecule has 0 radical (unpaired) electrons. The summed E-state index contributed by atoms with van der Waals surface area (Å²) in [6, 6.07) is 40.8. The van der Waals surface area contributed by atoms with Crippen molar-refractivity contribution < 1.29 is 9.47 Å². The first-order valence-electron chi connectivity index (χ1n) is 16.4. The van der Waals surface area contributed by atoms with Crippen LogP contribution in [-0.2, 0) is 10.3 Å². The minimum Gasteiger partial charge on any atom is -0.474 e. The molecule has 7 aromatic rings. The van der Waals surface area contributed by atoms with Gasteiger partial charge in [-0.05, 0) is 48.7 Å². The highest BCUT2D eigenvalue weighted by atomic mass is 16.5. The highest BCUT2D eigenvalue weighted by Crippen LogP contribution is 2.45. The smallest absolute Gasteiger partial charge is 0.225 e. The molecular weight excluding hydrogens is 582 g/mol. The van der Waals surface area contributed by atoms with E-state index in [1.54, 1.807) is 0 Å². The molecule has 4 aromatic carbocycles. The second kappa shape index (κ2) is 12.2. The average Bonchev–Trinajstić information content (AvgIpc) is 3.74. The molecule has 0 unspecified atom stereocenters. The Hall–Kier alpha value is -5.27. The lowest BCUT2D eigenvalue weighted by atomic mass is 9.77. The number of fused-ring (bicyclic) bond motifs is 2. The Balaban J connectivity index is 1.46. The number of hydrogen-bond donors (Lipinski definition) is 0. The van der Waals surface area contributed by atoms with E-state index in [4.69, 9.17) is 24.5 Å². The quantitative estimate of drug-likeness (QED) is 0.160. The molecule has 7 nitrogen and oxygen atoms in total. The van der Waals surface area contributed by atoms with Crippen molar-refractivity contribution in [2.45, 2.75) is 44.4 Å². The largest absolute Gasteiger partial charge is 0.474 e. The van der Waals surface area contributed by atoms with Gasteiger partial charge in [-0.25, -0.2) is 14.6 Å². The molecule has 1 fully saturated rings. The fraction of sp³-hybridized carbons (Fsp3) is 0.225. The van der Waals surface area contributed by atoms with E-state index < -0.39 is 5.54 Å². The van der Waals surface area contributed by atoms with Gasteiger partial charge in [-0.1, -0.05) is 97.1 Å². The first-order chi connectivity index (χ1) is 23.1. The topological polar surface area (TPSA) is 67.0 Å². The predicted molar refractivity (Wildman–Crippen MR) is 186 cm³/mol. The average molecular weight is 620 g/mol. The van der Waals surface area contributed by atoms with Crippen LogP contribution in [0, 0.1) is 0 Å². The Bertz CT molecular complexity index is 2040. The number of aromatic nitrogens is 5. The summed E-state index contributed by atoms with van der Waals surface area (Å²) in [6.07, 6.45) is 5.43. The van der Waals surface area contributed by atoms with E-state index in [1.807, 2.05) is 12.5 Å². The Kier molecular flexibility index (Phi) is 7.54. The molecule has 234 valence electrons. The summed E-state index contributed by atoms with van der Waals surface area (Å²) >= 11 is 0. The number of benzene rings is 4. The number of hydrogen-bond acceptors (Lipinski definition) is 5. The van der Waals surface area contributed by atoms with Crippen LogP contribution in [0.25, 0.3) is 33.2 Å². The third-order valence-electron chi connectivity index (χ3n) is 9.30. The molecule has 4 heterocycles. The van der Waals surface area contributed by atoms with Gasteiger partial charge in [-0.3, -0.25) is 0 Å². The van der Waals surface area contributed by atoms with Crippen LogP contribution < -0.4 is 4.74 Å². The molecule has 1 aliphatic heterocycles. The van der Waals surface area contributed by atoms with Crippen molar-refractivity contribution in [2.24, 2.45) is 0 Å². The SMILES string of the molecule is CC(C)n1cnc2cc(-c3nn(C(c4ccccc4)(c4ccccc4)c4ccccc4)c4ccnc(OC5CCOCC5)c34)ccc21. The van der Waals surface area contributed by atoms with Gasteiger partial charge in [0.25, 0.3) is 0 Å². The lowest BCUT2D eigenvalue weighted by Crippen LogP contribution is -2.38. The van der Waals surface area contributed by atoms with E-state index in [0.717, 1.165) is 62.7 Å². The fourth-order valence-corrected chi connectivity index (χ4v) is 7.03. The minimum atomic E-state index is -0.805. The van der Waals surface area contributed by atoms with Crippen molar-refractivity contribution in [3.8, 4) is 17.1 Å². The molecule has 47 heavy (non-hydrogen) atoms. The van der Waals surface area contributed by atoms with Crippen molar-refractivity contribution in [1.82, 2.24) is 24.3 Å². The van der Waals surface area contributed by atoms with Gasteiger partial charge in [-0.2, -0.15) is 5.10 Å². The van der Waals surface area contributed by atoms with Gasteiger partial charge in [0.15, 0.2) is 0 Å². The van der Waals surface area contributed by atoms with Gasteiger partial charge in [0.2, 0.25) is 5.88 Å². The predicted octanol–water partition coefficient (Wildman–Crippen LogP) is 8.43. The molecule has 3 aromatic heterocycles. The van der Waals surface area contributed by atoms with E-state index in [2.05, 4.69) is 138 Å². The van der Waals surface area contributed by atoms with Crippen molar-refractivity contribution in [3.05, 3.63) is 144 Å². The summed E-state index contributed by atoms with van der Waals surface area (Å²) in [6.45, 7) is 5.71. The van der Waals surface area contributed by atoms with Crippen LogP contribution in [0.3, 0.4) is 0 Å². The molecule has 7 heteroatoms. The van der Waals surface area contributed by atoms with E-state index in [1.165, 1.54) is 0 Å². The summed E-state index contributed by atoms with van der Waals surface area (Å²) in [4.78, 5) is 9.64. The highest BCUT2D eigenvalue weighted by molar-refractivity contribution is 5.99. The molecule has 0 N–H and O–H groups in total. The molecular formula is C40H37N5O2.